The predicted octanol–water partition coefficient (Wildman–Crippen LogP) is 6.32. The second kappa shape index (κ2) is 12.2. The first-order valence-electron chi connectivity index (χ1n) is 13.2. The van der Waals surface area contributed by atoms with E-state index in [1.165, 1.54) is 5.56 Å². The van der Waals surface area contributed by atoms with Crippen LogP contribution in [0, 0.1) is 0 Å². The highest BCUT2D eigenvalue weighted by Crippen LogP contribution is 2.35. The molecule has 1 saturated heterocycles. The van der Waals surface area contributed by atoms with Crippen molar-refractivity contribution in [3.63, 3.8) is 0 Å². The molecule has 3 aromatic rings. The Kier molecular flexibility index (Phi) is 9.06. The largest absolute Gasteiger partial charge is 0.508 e. The Morgan fingerprint density at radius 3 is 2.24 bits per heavy atom. The molecule has 5 nitrogen and oxygen atoms in total. The van der Waals surface area contributed by atoms with Crippen molar-refractivity contribution in [3.05, 3.63) is 99.5 Å². The second-order valence-electron chi connectivity index (χ2n) is 10.0. The summed E-state index contributed by atoms with van der Waals surface area (Å²) in [5.41, 5.74) is 4.21. The Morgan fingerprint density at radius 2 is 1.62 bits per heavy atom. The lowest BCUT2D eigenvalue weighted by Crippen LogP contribution is -2.56. The minimum atomic E-state index is -0.0167. The number of hydrogen-bond acceptors (Lipinski definition) is 4. The van der Waals surface area contributed by atoms with Crippen molar-refractivity contribution in [2.75, 3.05) is 26.2 Å². The zero-order chi connectivity index (χ0) is 26.5. The van der Waals surface area contributed by atoms with E-state index in [0.29, 0.717) is 30.7 Å². The maximum Gasteiger partial charge on any atom is 0.253 e. The van der Waals surface area contributed by atoms with E-state index in [2.05, 4.69) is 82.0 Å². The van der Waals surface area contributed by atoms with Crippen LogP contribution < -0.4 is 0 Å². The number of rotatable bonds is 8. The first-order chi connectivity index (χ1) is 17.8. The van der Waals surface area contributed by atoms with Gasteiger partial charge in [0.1, 0.15) is 5.75 Å². The van der Waals surface area contributed by atoms with Crippen LogP contribution in [0.25, 0.3) is 0 Å². The number of benzene rings is 3. The molecule has 1 amide bonds. The smallest absolute Gasteiger partial charge is 0.253 e. The van der Waals surface area contributed by atoms with Gasteiger partial charge in [0.2, 0.25) is 0 Å². The first kappa shape index (κ1) is 27.4. The minimum Gasteiger partial charge on any atom is -0.508 e. The summed E-state index contributed by atoms with van der Waals surface area (Å²) in [4.78, 5) is 19.8. The summed E-state index contributed by atoms with van der Waals surface area (Å²) < 4.78 is 1.10. The molecule has 1 aliphatic rings. The van der Waals surface area contributed by atoms with Gasteiger partial charge >= 0.3 is 0 Å². The number of carbonyl (C=O) groups excluding carboxylic acids is 1. The molecule has 1 aliphatic heterocycles. The van der Waals surface area contributed by atoms with E-state index in [1.807, 2.05) is 43.0 Å². The predicted molar refractivity (Wildman–Crippen MR) is 154 cm³/mol. The number of carbonyl (C=O) groups is 1. The highest BCUT2D eigenvalue weighted by atomic mass is 79.9. The van der Waals surface area contributed by atoms with Crippen molar-refractivity contribution < 1.29 is 9.90 Å². The Hall–Kier alpha value is -2.67. The fraction of sp³-hybridized carbons (Fsp3) is 0.387. The molecule has 0 radical (unpaired) electrons. The number of phenolic OH excluding ortho intramolecular Hbond substituents is 1. The fourth-order valence-electron chi connectivity index (χ4n) is 5.40. The van der Waals surface area contributed by atoms with Crippen molar-refractivity contribution in [1.82, 2.24) is 14.7 Å². The third kappa shape index (κ3) is 6.43. The van der Waals surface area contributed by atoms with Crippen LogP contribution in [-0.2, 0) is 6.54 Å². The number of nitrogens with zero attached hydrogens (tertiary/aromatic N) is 3. The SMILES string of the molecule is CCN(CC)C(=O)c1ccc([C@H](c2cccc(O)c2)N2C[C@@H](C)N(Cc3ccc(Br)cc3)C[C@@H]2C)cc1. The van der Waals surface area contributed by atoms with E-state index < -0.39 is 0 Å². The monoisotopic (exact) mass is 563 g/mol. The van der Waals surface area contributed by atoms with E-state index in [9.17, 15) is 9.90 Å². The average molecular weight is 565 g/mol. The number of aromatic hydroxyl groups is 1. The van der Waals surface area contributed by atoms with Crippen molar-refractivity contribution in [2.24, 2.45) is 0 Å². The number of hydrogen-bond donors (Lipinski definition) is 1. The maximum absolute atomic E-state index is 12.9. The standard InChI is InChI=1S/C31H38BrN3O2/c1-5-33(6-2)31(37)26-14-12-25(13-15-26)30(27-8-7-9-29(36)18-27)35-20-22(3)34(19-23(35)4)21-24-10-16-28(32)17-11-24/h7-18,22-23,30,36H,5-6,19-21H2,1-4H3/t22-,23+,30-/m1/s1. The molecule has 0 aliphatic carbocycles. The van der Waals surface area contributed by atoms with Gasteiger partial charge in [0.15, 0.2) is 0 Å². The molecule has 6 heteroatoms. The quantitative estimate of drug-likeness (QED) is 0.348. The van der Waals surface area contributed by atoms with Crippen LogP contribution in [0.4, 0.5) is 0 Å². The summed E-state index contributed by atoms with van der Waals surface area (Å²) in [6, 6.07) is 24.9. The van der Waals surface area contributed by atoms with Gasteiger partial charge in [-0.2, -0.15) is 0 Å². The molecule has 3 atom stereocenters. The Morgan fingerprint density at radius 1 is 0.946 bits per heavy atom. The molecular weight excluding hydrogens is 526 g/mol. The zero-order valence-electron chi connectivity index (χ0n) is 22.3. The van der Waals surface area contributed by atoms with E-state index in [1.54, 1.807) is 6.07 Å². The van der Waals surface area contributed by atoms with Crippen molar-refractivity contribution >= 4 is 21.8 Å². The summed E-state index contributed by atoms with van der Waals surface area (Å²) in [6.07, 6.45) is 0. The first-order valence-corrected chi connectivity index (χ1v) is 14.0. The highest BCUT2D eigenvalue weighted by molar-refractivity contribution is 9.10. The maximum atomic E-state index is 12.9. The van der Waals surface area contributed by atoms with E-state index in [0.717, 1.165) is 35.2 Å². The van der Waals surface area contributed by atoms with E-state index >= 15 is 0 Å². The number of piperazine rings is 1. The molecule has 1 heterocycles. The van der Waals surface area contributed by atoms with E-state index in [4.69, 9.17) is 0 Å². The molecule has 0 bridgehead atoms. The second-order valence-corrected chi connectivity index (χ2v) is 11.0. The van der Waals surface area contributed by atoms with Crippen LogP contribution in [0.3, 0.4) is 0 Å². The van der Waals surface area contributed by atoms with Crippen LogP contribution >= 0.6 is 15.9 Å². The van der Waals surface area contributed by atoms with Gasteiger partial charge in [-0.1, -0.05) is 52.3 Å². The molecule has 37 heavy (non-hydrogen) atoms. The lowest BCUT2D eigenvalue weighted by molar-refractivity contribution is 0.0195. The summed E-state index contributed by atoms with van der Waals surface area (Å²) in [5, 5.41) is 10.3. The van der Waals surface area contributed by atoms with Gasteiger partial charge in [-0.3, -0.25) is 14.6 Å². The summed E-state index contributed by atoms with van der Waals surface area (Å²) >= 11 is 3.53. The summed E-state index contributed by atoms with van der Waals surface area (Å²) in [6.45, 7) is 12.8. The Balaban J connectivity index is 1.60. The molecule has 3 aromatic carbocycles. The molecule has 0 spiro atoms. The zero-order valence-corrected chi connectivity index (χ0v) is 23.9. The molecule has 1 fully saturated rings. The van der Waals surface area contributed by atoms with Gasteiger partial charge in [0.05, 0.1) is 6.04 Å². The fourth-order valence-corrected chi connectivity index (χ4v) is 5.67. The van der Waals surface area contributed by atoms with Gasteiger partial charge < -0.3 is 10.0 Å². The lowest BCUT2D eigenvalue weighted by Gasteiger charge is -2.47. The van der Waals surface area contributed by atoms with Gasteiger partial charge in [-0.25, -0.2) is 0 Å². The average Bonchev–Trinajstić information content (AvgIpc) is 2.89. The lowest BCUT2D eigenvalue weighted by atomic mass is 9.92. The summed E-state index contributed by atoms with van der Waals surface area (Å²) in [5.74, 6) is 0.333. The highest BCUT2D eigenvalue weighted by Gasteiger charge is 2.35. The third-order valence-corrected chi connectivity index (χ3v) is 8.03. The van der Waals surface area contributed by atoms with Crippen LogP contribution in [0.2, 0.25) is 0 Å². The van der Waals surface area contributed by atoms with Crippen molar-refractivity contribution in [1.29, 1.82) is 0 Å². The summed E-state index contributed by atoms with van der Waals surface area (Å²) in [7, 11) is 0. The number of amides is 1. The van der Waals surface area contributed by atoms with Crippen molar-refractivity contribution in [3.8, 4) is 5.75 Å². The molecule has 1 N–H and O–H groups in total. The normalized spacial score (nSPS) is 19.5. The van der Waals surface area contributed by atoms with Gasteiger partial charge in [-0.15, -0.1) is 0 Å². The van der Waals surface area contributed by atoms with Crippen LogP contribution in [0.1, 0.15) is 60.8 Å². The Labute approximate surface area is 229 Å². The van der Waals surface area contributed by atoms with Crippen LogP contribution in [0.5, 0.6) is 5.75 Å². The van der Waals surface area contributed by atoms with Gasteiger partial charge in [0, 0.05) is 54.8 Å². The number of phenols is 1. The molecular formula is C31H38BrN3O2. The molecule has 0 saturated carbocycles. The van der Waals surface area contributed by atoms with Crippen LogP contribution in [0.15, 0.2) is 77.3 Å². The number of halogens is 1. The van der Waals surface area contributed by atoms with Crippen LogP contribution in [-0.4, -0.2) is 64.0 Å². The topological polar surface area (TPSA) is 47.0 Å². The van der Waals surface area contributed by atoms with Gasteiger partial charge in [-0.05, 0) is 80.8 Å². The molecule has 0 unspecified atom stereocenters. The van der Waals surface area contributed by atoms with Gasteiger partial charge in [0.25, 0.3) is 5.91 Å². The molecule has 4 rings (SSSR count). The molecule has 0 aromatic heterocycles. The van der Waals surface area contributed by atoms with E-state index in [-0.39, 0.29) is 17.7 Å². The Bertz CT molecular complexity index is 1180. The minimum absolute atomic E-state index is 0.0167. The molecule has 196 valence electrons. The van der Waals surface area contributed by atoms with Crippen molar-refractivity contribution in [2.45, 2.75) is 52.4 Å². The third-order valence-electron chi connectivity index (χ3n) is 7.50.